The quantitative estimate of drug-likeness (QED) is 0.824. The first-order chi connectivity index (χ1) is 12.3. The Balaban J connectivity index is 1.62. The van der Waals surface area contributed by atoms with E-state index in [-0.39, 0.29) is 10.8 Å². The van der Waals surface area contributed by atoms with Crippen LogP contribution >= 0.6 is 0 Å². The number of piperidine rings is 1. The number of aromatic amines is 1. The fraction of sp³-hybridized carbons (Fsp3) is 0.765. The summed E-state index contributed by atoms with van der Waals surface area (Å²) in [6.45, 7) is 6.89. The Hall–Kier alpha value is -1.45. The van der Waals surface area contributed by atoms with E-state index in [4.69, 9.17) is 4.74 Å². The summed E-state index contributed by atoms with van der Waals surface area (Å²) < 4.78 is 32.8. The molecule has 0 bridgehead atoms. The van der Waals surface area contributed by atoms with Gasteiger partial charge in [0.1, 0.15) is 4.90 Å². The van der Waals surface area contributed by atoms with E-state index in [1.165, 1.54) is 16.7 Å². The van der Waals surface area contributed by atoms with Crippen molar-refractivity contribution >= 4 is 15.9 Å². The Morgan fingerprint density at radius 2 is 2.04 bits per heavy atom. The summed E-state index contributed by atoms with van der Waals surface area (Å²) in [5.74, 6) is 0.673. The number of H-pyrrole nitrogens is 1. The first kappa shape index (κ1) is 19.3. The molecular formula is C17H28N4O4S. The second-order valence-electron chi connectivity index (χ2n) is 7.61. The standard InChI is InChI=1S/C17H28N4O4S/c1-14(2)3-6-20-9-10-25-17(11-16(20)22)4-7-21(8-5-17)26(23,24)15-12-18-19-13-15/h12-14H,3-11H2,1-2H3,(H,18,19). The SMILES string of the molecule is CC(C)CCN1CCOC2(CCN(S(=O)(=O)c3cn[nH]c3)CC2)CC1=O. The van der Waals surface area contributed by atoms with Gasteiger partial charge in [-0.2, -0.15) is 9.40 Å². The van der Waals surface area contributed by atoms with Crippen LogP contribution in [0.2, 0.25) is 0 Å². The highest BCUT2D eigenvalue weighted by molar-refractivity contribution is 7.89. The summed E-state index contributed by atoms with van der Waals surface area (Å²) in [7, 11) is -3.54. The van der Waals surface area contributed by atoms with Gasteiger partial charge in [0.05, 0.1) is 24.8 Å². The summed E-state index contributed by atoms with van der Waals surface area (Å²) in [5.41, 5.74) is -0.536. The van der Waals surface area contributed by atoms with Crippen molar-refractivity contribution in [3.63, 3.8) is 0 Å². The van der Waals surface area contributed by atoms with Gasteiger partial charge < -0.3 is 9.64 Å². The predicted octanol–water partition coefficient (Wildman–Crippen LogP) is 1.23. The fourth-order valence-electron chi connectivity index (χ4n) is 3.57. The summed E-state index contributed by atoms with van der Waals surface area (Å²) >= 11 is 0. The largest absolute Gasteiger partial charge is 0.373 e. The lowest BCUT2D eigenvalue weighted by atomic mass is 9.88. The zero-order chi connectivity index (χ0) is 18.8. The summed E-state index contributed by atoms with van der Waals surface area (Å²) in [6.07, 6.45) is 5.10. The fourth-order valence-corrected chi connectivity index (χ4v) is 4.92. The molecule has 0 radical (unpaired) electrons. The lowest BCUT2D eigenvalue weighted by Gasteiger charge is -2.39. The monoisotopic (exact) mass is 384 g/mol. The van der Waals surface area contributed by atoms with Gasteiger partial charge in [0.15, 0.2) is 0 Å². The third-order valence-corrected chi connectivity index (χ3v) is 7.18. The number of carbonyl (C=O) groups is 1. The Bertz CT molecular complexity index is 709. The van der Waals surface area contributed by atoms with E-state index in [0.717, 1.165) is 13.0 Å². The number of nitrogens with zero attached hydrogens (tertiary/aromatic N) is 3. The average Bonchev–Trinajstić information content (AvgIpc) is 3.09. The lowest BCUT2D eigenvalue weighted by molar-refractivity contribution is -0.135. The normalized spacial score (nSPS) is 22.1. The van der Waals surface area contributed by atoms with E-state index in [1.807, 2.05) is 4.90 Å². The molecular weight excluding hydrogens is 356 g/mol. The Morgan fingerprint density at radius 1 is 1.31 bits per heavy atom. The molecule has 1 aromatic rings. The van der Waals surface area contributed by atoms with E-state index in [1.54, 1.807) is 0 Å². The third kappa shape index (κ3) is 4.10. The summed E-state index contributed by atoms with van der Waals surface area (Å²) in [5, 5.41) is 6.26. The highest BCUT2D eigenvalue weighted by atomic mass is 32.2. The summed E-state index contributed by atoms with van der Waals surface area (Å²) in [4.78, 5) is 14.7. The van der Waals surface area contributed by atoms with Crippen molar-refractivity contribution in [2.75, 3.05) is 32.8 Å². The van der Waals surface area contributed by atoms with Gasteiger partial charge in [-0.25, -0.2) is 8.42 Å². The topological polar surface area (TPSA) is 95.6 Å². The smallest absolute Gasteiger partial charge is 0.246 e. The number of rotatable bonds is 5. The molecule has 0 aromatic carbocycles. The predicted molar refractivity (Wildman–Crippen MR) is 95.9 cm³/mol. The number of ether oxygens (including phenoxy) is 1. The van der Waals surface area contributed by atoms with Crippen molar-refractivity contribution < 1.29 is 17.9 Å². The van der Waals surface area contributed by atoms with Crippen LogP contribution in [0.3, 0.4) is 0 Å². The highest BCUT2D eigenvalue weighted by Crippen LogP contribution is 2.34. The second kappa shape index (κ2) is 7.66. The van der Waals surface area contributed by atoms with Crippen LogP contribution in [0, 0.1) is 5.92 Å². The molecule has 1 amide bonds. The molecule has 1 spiro atoms. The Labute approximate surface area is 154 Å². The van der Waals surface area contributed by atoms with E-state index in [0.29, 0.717) is 51.4 Å². The molecule has 1 aromatic heterocycles. The molecule has 3 heterocycles. The maximum absolute atomic E-state index is 12.7. The van der Waals surface area contributed by atoms with E-state index in [9.17, 15) is 13.2 Å². The van der Waals surface area contributed by atoms with Crippen molar-refractivity contribution in [3.05, 3.63) is 12.4 Å². The Kier molecular flexibility index (Phi) is 5.69. The van der Waals surface area contributed by atoms with Gasteiger partial charge >= 0.3 is 0 Å². The van der Waals surface area contributed by atoms with Gasteiger partial charge in [0.2, 0.25) is 15.9 Å². The zero-order valence-corrected chi connectivity index (χ0v) is 16.3. The van der Waals surface area contributed by atoms with E-state index < -0.39 is 15.6 Å². The summed E-state index contributed by atoms with van der Waals surface area (Å²) in [6, 6.07) is 0. The van der Waals surface area contributed by atoms with Crippen molar-refractivity contribution in [1.82, 2.24) is 19.4 Å². The molecule has 0 atom stereocenters. The molecule has 0 aliphatic carbocycles. The molecule has 2 saturated heterocycles. The maximum atomic E-state index is 12.7. The molecule has 9 heteroatoms. The number of nitrogens with one attached hydrogen (secondary N) is 1. The highest BCUT2D eigenvalue weighted by Gasteiger charge is 2.43. The molecule has 3 rings (SSSR count). The molecule has 26 heavy (non-hydrogen) atoms. The van der Waals surface area contributed by atoms with Crippen LogP contribution in [0.15, 0.2) is 17.3 Å². The number of carbonyl (C=O) groups excluding carboxylic acids is 1. The third-order valence-electron chi connectivity index (χ3n) is 5.32. The minimum Gasteiger partial charge on any atom is -0.373 e. The van der Waals surface area contributed by atoms with Gasteiger partial charge in [0.25, 0.3) is 0 Å². The minimum atomic E-state index is -3.54. The Morgan fingerprint density at radius 3 is 2.65 bits per heavy atom. The van der Waals surface area contributed by atoms with Gasteiger partial charge in [-0.3, -0.25) is 9.89 Å². The molecule has 0 unspecified atom stereocenters. The zero-order valence-electron chi connectivity index (χ0n) is 15.5. The molecule has 0 saturated carbocycles. The van der Waals surface area contributed by atoms with Gasteiger partial charge in [-0.15, -0.1) is 0 Å². The molecule has 1 N–H and O–H groups in total. The number of aromatic nitrogens is 2. The molecule has 8 nitrogen and oxygen atoms in total. The van der Waals surface area contributed by atoms with Crippen molar-refractivity contribution in [1.29, 1.82) is 0 Å². The number of hydrogen-bond acceptors (Lipinski definition) is 5. The number of hydrogen-bond donors (Lipinski definition) is 1. The first-order valence-corrected chi connectivity index (χ1v) is 10.7. The lowest BCUT2D eigenvalue weighted by Crippen LogP contribution is -2.49. The van der Waals surface area contributed by atoms with Crippen molar-refractivity contribution in [3.8, 4) is 0 Å². The van der Waals surface area contributed by atoms with Gasteiger partial charge in [0, 0.05) is 32.4 Å². The van der Waals surface area contributed by atoms with Gasteiger partial charge in [-0.1, -0.05) is 13.8 Å². The molecule has 2 aliphatic heterocycles. The van der Waals surface area contributed by atoms with Crippen LogP contribution in [-0.2, 0) is 19.6 Å². The van der Waals surface area contributed by atoms with Crippen LogP contribution in [0.4, 0.5) is 0 Å². The van der Waals surface area contributed by atoms with Crippen molar-refractivity contribution in [2.24, 2.45) is 5.92 Å². The van der Waals surface area contributed by atoms with Crippen LogP contribution < -0.4 is 0 Å². The van der Waals surface area contributed by atoms with Crippen LogP contribution in [0.25, 0.3) is 0 Å². The van der Waals surface area contributed by atoms with Crippen molar-refractivity contribution in [2.45, 2.75) is 50.0 Å². The van der Waals surface area contributed by atoms with Crippen LogP contribution in [0.1, 0.15) is 39.5 Å². The van der Waals surface area contributed by atoms with E-state index in [2.05, 4.69) is 24.0 Å². The average molecular weight is 385 g/mol. The van der Waals surface area contributed by atoms with Gasteiger partial charge in [-0.05, 0) is 25.2 Å². The maximum Gasteiger partial charge on any atom is 0.246 e. The number of sulfonamides is 1. The van der Waals surface area contributed by atoms with Crippen LogP contribution in [-0.4, -0.2) is 72.1 Å². The van der Waals surface area contributed by atoms with Crippen LogP contribution in [0.5, 0.6) is 0 Å². The number of amides is 1. The molecule has 146 valence electrons. The second-order valence-corrected chi connectivity index (χ2v) is 9.55. The molecule has 2 fully saturated rings. The minimum absolute atomic E-state index is 0.120. The van der Waals surface area contributed by atoms with E-state index >= 15 is 0 Å². The first-order valence-electron chi connectivity index (χ1n) is 9.23. The molecule has 2 aliphatic rings.